The second-order valence-corrected chi connectivity index (χ2v) is 7.75. The molecule has 1 unspecified atom stereocenters. The first kappa shape index (κ1) is 22.4. The molecule has 168 valence electrons. The van der Waals surface area contributed by atoms with Crippen LogP contribution in [0.3, 0.4) is 0 Å². The lowest BCUT2D eigenvalue weighted by molar-refractivity contribution is -0.132. The van der Waals surface area contributed by atoms with Crippen LogP contribution >= 0.6 is 11.6 Å². The number of rotatable bonds is 5. The summed E-state index contributed by atoms with van der Waals surface area (Å²) in [4.78, 5) is 32.3. The minimum Gasteiger partial charge on any atom is -0.506 e. The number of amides is 1. The maximum atomic E-state index is 13.3. The number of aliphatic hydroxyl groups excluding tert-OH is 1. The van der Waals surface area contributed by atoms with Crippen molar-refractivity contribution in [3.63, 3.8) is 0 Å². The molecule has 0 bridgehead atoms. The van der Waals surface area contributed by atoms with E-state index in [4.69, 9.17) is 21.1 Å². The molecule has 1 atom stereocenters. The number of pyridine rings is 1. The average molecular weight is 465 g/mol. The Morgan fingerprint density at radius 3 is 2.27 bits per heavy atom. The summed E-state index contributed by atoms with van der Waals surface area (Å²) in [5, 5.41) is 11.9. The van der Waals surface area contributed by atoms with Crippen molar-refractivity contribution < 1.29 is 24.2 Å². The number of ketones is 1. The van der Waals surface area contributed by atoms with Crippen molar-refractivity contribution in [1.82, 2.24) is 4.98 Å². The summed E-state index contributed by atoms with van der Waals surface area (Å²) in [5.74, 6) is -1.49. The number of Topliss-reactive ketones (excluding diaryl/α,β-unsaturated/α-hetero) is 1. The molecule has 33 heavy (non-hydrogen) atoms. The molecule has 3 aromatic rings. The van der Waals surface area contributed by atoms with E-state index < -0.39 is 23.5 Å². The number of benzene rings is 2. The highest BCUT2D eigenvalue weighted by Gasteiger charge is 2.48. The normalized spacial score (nSPS) is 17.3. The second-order valence-electron chi connectivity index (χ2n) is 7.35. The highest BCUT2D eigenvalue weighted by Crippen LogP contribution is 2.45. The minimum atomic E-state index is -0.988. The Hall–Kier alpha value is -3.84. The number of methoxy groups -OCH3 is 2. The number of aromatic nitrogens is 1. The van der Waals surface area contributed by atoms with E-state index in [1.54, 1.807) is 67.7 Å². The number of hydrogen-bond donors (Lipinski definition) is 1. The van der Waals surface area contributed by atoms with Crippen LogP contribution in [0, 0.1) is 6.92 Å². The maximum Gasteiger partial charge on any atom is 0.300 e. The largest absolute Gasteiger partial charge is 0.506 e. The monoisotopic (exact) mass is 464 g/mol. The summed E-state index contributed by atoms with van der Waals surface area (Å²) >= 11 is 6.31. The van der Waals surface area contributed by atoms with Crippen LogP contribution in [0.2, 0.25) is 5.02 Å². The molecule has 0 saturated carbocycles. The van der Waals surface area contributed by atoms with Crippen molar-refractivity contribution >= 4 is 34.7 Å². The fourth-order valence-electron chi connectivity index (χ4n) is 3.97. The molecule has 2 heterocycles. The van der Waals surface area contributed by atoms with Crippen molar-refractivity contribution in [1.29, 1.82) is 0 Å². The lowest BCUT2D eigenvalue weighted by Gasteiger charge is -2.26. The van der Waals surface area contributed by atoms with E-state index in [2.05, 4.69) is 4.98 Å². The van der Waals surface area contributed by atoms with Gasteiger partial charge in [-0.1, -0.05) is 29.8 Å². The van der Waals surface area contributed by atoms with Crippen LogP contribution in [0.5, 0.6) is 11.5 Å². The molecule has 8 heteroatoms. The van der Waals surface area contributed by atoms with Crippen LogP contribution in [0.25, 0.3) is 5.76 Å². The smallest absolute Gasteiger partial charge is 0.300 e. The van der Waals surface area contributed by atoms with Gasteiger partial charge in [-0.2, -0.15) is 0 Å². The van der Waals surface area contributed by atoms with Crippen LogP contribution in [0.4, 0.5) is 5.69 Å². The van der Waals surface area contributed by atoms with E-state index in [0.717, 1.165) is 0 Å². The predicted octanol–water partition coefficient (Wildman–Crippen LogP) is 4.69. The molecule has 1 aliphatic rings. The Balaban J connectivity index is 2.04. The van der Waals surface area contributed by atoms with E-state index in [1.165, 1.54) is 19.1 Å². The van der Waals surface area contributed by atoms with E-state index in [-0.39, 0.29) is 22.6 Å². The molecule has 4 rings (SSSR count). The van der Waals surface area contributed by atoms with Crippen molar-refractivity contribution in [3.8, 4) is 11.5 Å². The lowest BCUT2D eigenvalue weighted by Crippen LogP contribution is -2.30. The number of nitrogens with zero attached hydrogens (tertiary/aromatic N) is 2. The molecule has 1 amide bonds. The van der Waals surface area contributed by atoms with E-state index in [1.807, 2.05) is 0 Å². The fraction of sp³-hybridized carbons (Fsp3) is 0.160. The number of carbonyl (C=O) groups excluding carboxylic acids is 2. The van der Waals surface area contributed by atoms with Crippen LogP contribution in [-0.2, 0) is 9.59 Å². The molecule has 1 fully saturated rings. The molecule has 1 aromatic heterocycles. The predicted molar refractivity (Wildman–Crippen MR) is 125 cm³/mol. The molecule has 7 nitrogen and oxygen atoms in total. The fourth-order valence-corrected chi connectivity index (χ4v) is 4.14. The summed E-state index contributed by atoms with van der Waals surface area (Å²) < 4.78 is 10.8. The Labute approximate surface area is 195 Å². The van der Waals surface area contributed by atoms with Gasteiger partial charge in [-0.05, 0) is 48.9 Å². The Morgan fingerprint density at radius 1 is 1.00 bits per heavy atom. The van der Waals surface area contributed by atoms with Crippen LogP contribution in [0.15, 0.2) is 66.4 Å². The molecule has 1 aliphatic heterocycles. The third kappa shape index (κ3) is 3.70. The summed E-state index contributed by atoms with van der Waals surface area (Å²) in [6.07, 6.45) is 1.56. The third-order valence-electron chi connectivity index (χ3n) is 5.58. The maximum absolute atomic E-state index is 13.3. The van der Waals surface area contributed by atoms with E-state index in [0.29, 0.717) is 22.0 Å². The summed E-state index contributed by atoms with van der Waals surface area (Å²) in [7, 11) is 2.88. The number of hydrogen-bond acceptors (Lipinski definition) is 6. The van der Waals surface area contributed by atoms with Gasteiger partial charge in [-0.25, -0.2) is 0 Å². The van der Waals surface area contributed by atoms with Crippen molar-refractivity contribution in [2.45, 2.75) is 13.0 Å². The average Bonchev–Trinajstić information content (AvgIpc) is 3.10. The topological polar surface area (TPSA) is 89.0 Å². The number of aliphatic hydroxyl groups is 1. The van der Waals surface area contributed by atoms with Gasteiger partial charge >= 0.3 is 0 Å². The van der Waals surface area contributed by atoms with Gasteiger partial charge in [0.15, 0.2) is 0 Å². The quantitative estimate of drug-likeness (QED) is 0.335. The first-order valence-electron chi connectivity index (χ1n) is 10.1. The van der Waals surface area contributed by atoms with Crippen molar-refractivity contribution in [3.05, 3.63) is 88.2 Å². The number of halogens is 1. The Bertz CT molecular complexity index is 1250. The zero-order valence-electron chi connectivity index (χ0n) is 18.2. The van der Waals surface area contributed by atoms with Gasteiger partial charge in [0.25, 0.3) is 11.7 Å². The molecular weight excluding hydrogens is 444 g/mol. The molecule has 1 saturated heterocycles. The highest BCUT2D eigenvalue weighted by atomic mass is 35.5. The number of anilines is 1. The second kappa shape index (κ2) is 8.96. The Kier molecular flexibility index (Phi) is 6.07. The zero-order valence-corrected chi connectivity index (χ0v) is 19.0. The zero-order chi connectivity index (χ0) is 23.7. The molecule has 0 radical (unpaired) electrons. The van der Waals surface area contributed by atoms with Gasteiger partial charge in [-0.3, -0.25) is 19.5 Å². The summed E-state index contributed by atoms with van der Waals surface area (Å²) in [6.45, 7) is 1.76. The standard InChI is InChI=1S/C25H21ClN2O5/c1-14-15(26)8-6-10-17(14)28-22(16-9-4-5-13-27-16)21(24(30)25(28)31)23(29)20-18(32-2)11-7-12-19(20)33-3/h4-13,22,29H,1-3H3/b23-21+. The Morgan fingerprint density at radius 2 is 1.67 bits per heavy atom. The minimum absolute atomic E-state index is 0.124. The molecular formula is C25H21ClN2O5. The van der Waals surface area contributed by atoms with E-state index >= 15 is 0 Å². The van der Waals surface area contributed by atoms with Crippen LogP contribution in [0.1, 0.15) is 22.9 Å². The first-order valence-corrected chi connectivity index (χ1v) is 10.5. The van der Waals surface area contributed by atoms with Gasteiger partial charge in [0.2, 0.25) is 0 Å². The van der Waals surface area contributed by atoms with Crippen LogP contribution in [-0.4, -0.2) is 36.0 Å². The third-order valence-corrected chi connectivity index (χ3v) is 5.99. The van der Waals surface area contributed by atoms with Crippen molar-refractivity contribution in [2.24, 2.45) is 0 Å². The molecule has 0 aliphatic carbocycles. The molecule has 1 N–H and O–H groups in total. The van der Waals surface area contributed by atoms with Gasteiger partial charge < -0.3 is 14.6 Å². The van der Waals surface area contributed by atoms with Gasteiger partial charge in [0.1, 0.15) is 28.9 Å². The van der Waals surface area contributed by atoms with Gasteiger partial charge in [-0.15, -0.1) is 0 Å². The first-order chi connectivity index (χ1) is 15.9. The van der Waals surface area contributed by atoms with Crippen molar-refractivity contribution in [2.75, 3.05) is 19.1 Å². The molecule has 0 spiro atoms. The van der Waals surface area contributed by atoms with Crippen LogP contribution < -0.4 is 14.4 Å². The van der Waals surface area contributed by atoms with E-state index in [9.17, 15) is 14.7 Å². The highest BCUT2D eigenvalue weighted by molar-refractivity contribution is 6.52. The summed E-state index contributed by atoms with van der Waals surface area (Å²) in [6, 6.07) is 14.2. The van der Waals surface area contributed by atoms with Gasteiger partial charge in [0.05, 0.1) is 25.5 Å². The van der Waals surface area contributed by atoms with Gasteiger partial charge in [0, 0.05) is 16.9 Å². The lowest BCUT2D eigenvalue weighted by atomic mass is 9.97. The number of carbonyl (C=O) groups is 2. The molecule has 2 aromatic carbocycles. The number of ether oxygens (including phenoxy) is 2. The summed E-state index contributed by atoms with van der Waals surface area (Å²) in [5.41, 5.74) is 1.53. The SMILES string of the molecule is COc1cccc(OC)c1/C(O)=C1\C(=O)C(=O)N(c2cccc(Cl)c2C)C1c1ccccn1.